The van der Waals surface area contributed by atoms with Gasteiger partial charge in [0, 0.05) is 43.7 Å². The van der Waals surface area contributed by atoms with E-state index in [2.05, 4.69) is 16.0 Å². The molecule has 1 unspecified atom stereocenters. The van der Waals surface area contributed by atoms with Crippen LogP contribution in [0.5, 0.6) is 0 Å². The molecule has 2 fully saturated rings. The van der Waals surface area contributed by atoms with E-state index in [9.17, 15) is 18.4 Å². The highest BCUT2D eigenvalue weighted by molar-refractivity contribution is 5.74. The number of amides is 3. The molecule has 10 heteroatoms. The fourth-order valence-corrected chi connectivity index (χ4v) is 5.54. The van der Waals surface area contributed by atoms with Crippen molar-refractivity contribution < 1.29 is 28.2 Å². The lowest BCUT2D eigenvalue weighted by molar-refractivity contribution is -0.0108. The van der Waals surface area contributed by atoms with Gasteiger partial charge in [0.2, 0.25) is 0 Å². The lowest BCUT2D eigenvalue weighted by atomic mass is 9.85. The normalized spacial score (nSPS) is 20.5. The number of urea groups is 1. The highest BCUT2D eigenvalue weighted by Crippen LogP contribution is 2.35. The number of piperidine rings is 1. The standard InChI is InChI=1S/C26H40F2N4O4/c1-29-16-20(15-18-7-3-2-4-8-18)31-25(33)32-13-6-9-19(17-32)24(36-14-12-30-26(34)35)21-10-5-11-22(27)23(21)28/h5,10-11,18-20,24,29-30H,2-4,6-9,12-17H2,1H3,(H,31,33)(H,34,35)/t19-,20+,24?/m1/s1. The number of carbonyl (C=O) groups excluding carboxylic acids is 1. The molecule has 1 aromatic carbocycles. The molecule has 1 aliphatic heterocycles. The van der Waals surface area contributed by atoms with Gasteiger partial charge < -0.3 is 30.7 Å². The molecule has 1 aliphatic carbocycles. The molecule has 3 atom stereocenters. The van der Waals surface area contributed by atoms with Crippen molar-refractivity contribution in [2.75, 3.05) is 39.8 Å². The second-order valence-electron chi connectivity index (χ2n) is 9.96. The molecule has 36 heavy (non-hydrogen) atoms. The van der Waals surface area contributed by atoms with E-state index in [1.807, 2.05) is 7.05 Å². The lowest BCUT2D eigenvalue weighted by Crippen LogP contribution is -2.52. The minimum Gasteiger partial charge on any atom is -0.465 e. The molecule has 1 saturated carbocycles. The Morgan fingerprint density at radius 2 is 1.94 bits per heavy atom. The van der Waals surface area contributed by atoms with Gasteiger partial charge in [-0.05, 0) is 38.3 Å². The summed E-state index contributed by atoms with van der Waals surface area (Å²) in [4.78, 5) is 25.7. The van der Waals surface area contributed by atoms with Crippen LogP contribution in [0.15, 0.2) is 18.2 Å². The Bertz CT molecular complexity index is 853. The second-order valence-corrected chi connectivity index (χ2v) is 9.96. The SMILES string of the molecule is CNC[C@H](CC1CCCCC1)NC(=O)N1CCC[C@@H](C(OCCNC(=O)O)c2cccc(F)c2F)C1. The molecule has 4 N–H and O–H groups in total. The van der Waals surface area contributed by atoms with E-state index in [4.69, 9.17) is 9.84 Å². The number of likely N-dealkylation sites (tertiary alicyclic amines) is 1. The van der Waals surface area contributed by atoms with Gasteiger partial charge >= 0.3 is 12.1 Å². The largest absolute Gasteiger partial charge is 0.465 e. The highest BCUT2D eigenvalue weighted by Gasteiger charge is 2.34. The number of hydrogen-bond acceptors (Lipinski definition) is 4. The van der Waals surface area contributed by atoms with Gasteiger partial charge in [-0.25, -0.2) is 18.4 Å². The van der Waals surface area contributed by atoms with Crippen LogP contribution in [0.4, 0.5) is 18.4 Å². The fraction of sp³-hybridized carbons (Fsp3) is 0.692. The molecule has 1 saturated heterocycles. The van der Waals surface area contributed by atoms with E-state index >= 15 is 0 Å². The Kier molecular flexibility index (Phi) is 11.2. The van der Waals surface area contributed by atoms with E-state index in [-0.39, 0.29) is 36.7 Å². The summed E-state index contributed by atoms with van der Waals surface area (Å²) in [6.07, 6.45) is 6.54. The molecular weight excluding hydrogens is 470 g/mol. The number of likely N-dealkylation sites (N-methyl/N-ethyl adjacent to an activating group) is 1. The van der Waals surface area contributed by atoms with Crippen molar-refractivity contribution in [1.82, 2.24) is 20.9 Å². The van der Waals surface area contributed by atoms with Crippen LogP contribution in [0.1, 0.15) is 63.0 Å². The van der Waals surface area contributed by atoms with E-state index in [0.717, 1.165) is 12.5 Å². The molecule has 3 rings (SSSR count). The highest BCUT2D eigenvalue weighted by atomic mass is 19.2. The quantitative estimate of drug-likeness (QED) is 0.333. The monoisotopic (exact) mass is 510 g/mol. The average molecular weight is 511 g/mol. The Hall–Kier alpha value is -2.46. The van der Waals surface area contributed by atoms with Gasteiger partial charge in [-0.1, -0.05) is 44.2 Å². The van der Waals surface area contributed by atoms with Crippen LogP contribution in [-0.4, -0.2) is 68.0 Å². The van der Waals surface area contributed by atoms with Gasteiger partial charge in [0.1, 0.15) is 0 Å². The molecule has 0 radical (unpaired) electrons. The van der Waals surface area contributed by atoms with Crippen LogP contribution in [0.3, 0.4) is 0 Å². The van der Waals surface area contributed by atoms with E-state index in [0.29, 0.717) is 38.4 Å². The topological polar surface area (TPSA) is 103 Å². The third-order valence-corrected chi connectivity index (χ3v) is 7.26. The molecule has 0 bridgehead atoms. The molecule has 1 heterocycles. The Balaban J connectivity index is 1.66. The first-order valence-corrected chi connectivity index (χ1v) is 13.1. The third-order valence-electron chi connectivity index (χ3n) is 7.26. The fourth-order valence-electron chi connectivity index (χ4n) is 5.54. The zero-order valence-corrected chi connectivity index (χ0v) is 21.1. The summed E-state index contributed by atoms with van der Waals surface area (Å²) in [5, 5.41) is 17.4. The summed E-state index contributed by atoms with van der Waals surface area (Å²) in [6.45, 7) is 1.63. The minimum absolute atomic E-state index is 0.00124. The van der Waals surface area contributed by atoms with E-state index < -0.39 is 23.8 Å². The molecule has 0 spiro atoms. The molecule has 3 amide bonds. The third kappa shape index (κ3) is 8.30. The van der Waals surface area contributed by atoms with Gasteiger partial charge in [-0.2, -0.15) is 0 Å². The number of hydrogen-bond donors (Lipinski definition) is 4. The molecule has 0 aromatic heterocycles. The van der Waals surface area contributed by atoms with Gasteiger partial charge in [0.05, 0.1) is 12.7 Å². The number of nitrogens with zero attached hydrogens (tertiary/aromatic N) is 1. The summed E-state index contributed by atoms with van der Waals surface area (Å²) in [6, 6.07) is 3.85. The van der Waals surface area contributed by atoms with Crippen LogP contribution in [0.25, 0.3) is 0 Å². The number of ether oxygens (including phenoxy) is 1. The maximum absolute atomic E-state index is 14.7. The predicted molar refractivity (Wildman–Crippen MR) is 133 cm³/mol. The van der Waals surface area contributed by atoms with Crippen molar-refractivity contribution in [3.63, 3.8) is 0 Å². The van der Waals surface area contributed by atoms with Crippen molar-refractivity contribution in [3.8, 4) is 0 Å². The smallest absolute Gasteiger partial charge is 0.404 e. The van der Waals surface area contributed by atoms with Crippen LogP contribution in [-0.2, 0) is 4.74 Å². The van der Waals surface area contributed by atoms with Crippen LogP contribution in [0.2, 0.25) is 0 Å². The van der Waals surface area contributed by atoms with Crippen molar-refractivity contribution in [2.45, 2.75) is 63.5 Å². The van der Waals surface area contributed by atoms with Gasteiger partial charge in [-0.3, -0.25) is 0 Å². The average Bonchev–Trinajstić information content (AvgIpc) is 2.87. The number of carboxylic acid groups (broad SMARTS) is 1. The first-order chi connectivity index (χ1) is 17.4. The van der Waals surface area contributed by atoms with Crippen molar-refractivity contribution in [3.05, 3.63) is 35.4 Å². The number of benzene rings is 1. The van der Waals surface area contributed by atoms with Gasteiger partial charge in [0.15, 0.2) is 11.6 Å². The predicted octanol–water partition coefficient (Wildman–Crippen LogP) is 4.27. The number of nitrogens with one attached hydrogen (secondary N) is 3. The van der Waals surface area contributed by atoms with Crippen LogP contribution < -0.4 is 16.0 Å². The number of carbonyl (C=O) groups is 2. The first kappa shape index (κ1) is 28.1. The van der Waals surface area contributed by atoms with E-state index in [1.165, 1.54) is 44.2 Å². The van der Waals surface area contributed by atoms with Crippen molar-refractivity contribution in [1.29, 1.82) is 0 Å². The Labute approximate surface area is 212 Å². The summed E-state index contributed by atoms with van der Waals surface area (Å²) >= 11 is 0. The molecular formula is C26H40F2N4O4. The number of halogens is 2. The summed E-state index contributed by atoms with van der Waals surface area (Å²) < 4.78 is 34.6. The second kappa shape index (κ2) is 14.3. The summed E-state index contributed by atoms with van der Waals surface area (Å²) in [7, 11) is 1.88. The number of rotatable bonds is 11. The summed E-state index contributed by atoms with van der Waals surface area (Å²) in [5.41, 5.74) is 0.0861. The van der Waals surface area contributed by atoms with Crippen molar-refractivity contribution >= 4 is 12.1 Å². The maximum Gasteiger partial charge on any atom is 0.404 e. The Morgan fingerprint density at radius 1 is 1.17 bits per heavy atom. The first-order valence-electron chi connectivity index (χ1n) is 13.1. The molecule has 2 aliphatic rings. The van der Waals surface area contributed by atoms with Gasteiger partial charge in [-0.15, -0.1) is 0 Å². The molecule has 8 nitrogen and oxygen atoms in total. The van der Waals surface area contributed by atoms with Crippen molar-refractivity contribution in [2.24, 2.45) is 11.8 Å². The van der Waals surface area contributed by atoms with E-state index in [1.54, 1.807) is 4.90 Å². The Morgan fingerprint density at radius 3 is 2.67 bits per heavy atom. The maximum atomic E-state index is 14.7. The molecule has 202 valence electrons. The summed E-state index contributed by atoms with van der Waals surface area (Å²) in [5.74, 6) is -1.57. The minimum atomic E-state index is -1.18. The molecule has 1 aromatic rings. The van der Waals surface area contributed by atoms with Crippen LogP contribution >= 0.6 is 0 Å². The lowest BCUT2D eigenvalue weighted by Gasteiger charge is -2.38. The zero-order valence-electron chi connectivity index (χ0n) is 21.1. The zero-order chi connectivity index (χ0) is 25.9. The van der Waals surface area contributed by atoms with Crippen LogP contribution in [0, 0.1) is 23.5 Å². The van der Waals surface area contributed by atoms with Gasteiger partial charge in [0.25, 0.3) is 0 Å².